The van der Waals surface area contributed by atoms with Crippen LogP contribution in [0.4, 0.5) is 0 Å². The van der Waals surface area contributed by atoms with Gasteiger partial charge in [-0.3, -0.25) is 19.5 Å². The molecule has 3 heterocycles. The zero-order chi connectivity index (χ0) is 22.0. The number of carbonyl (C=O) groups excluding carboxylic acids is 3. The van der Waals surface area contributed by atoms with E-state index in [1.165, 1.54) is 4.90 Å². The maximum absolute atomic E-state index is 13.1. The Kier molecular flexibility index (Phi) is 5.75. The first-order chi connectivity index (χ1) is 15.0. The van der Waals surface area contributed by atoms with Crippen LogP contribution in [-0.2, 0) is 22.5 Å². The number of fused-ring (bicyclic) bond motifs is 2. The van der Waals surface area contributed by atoms with Crippen LogP contribution in [0, 0.1) is 0 Å². The summed E-state index contributed by atoms with van der Waals surface area (Å²) in [5, 5.41) is 8.12. The number of para-hydroxylation sites is 1. The van der Waals surface area contributed by atoms with Crippen LogP contribution in [0.5, 0.6) is 0 Å². The highest BCUT2D eigenvalue weighted by Gasteiger charge is 2.30. The number of hydrogen-bond acceptors (Lipinski definition) is 5. The summed E-state index contributed by atoms with van der Waals surface area (Å²) in [5.41, 5.74) is 3.31. The van der Waals surface area contributed by atoms with Crippen molar-refractivity contribution in [1.82, 2.24) is 25.0 Å². The first kappa shape index (κ1) is 20.6. The molecule has 0 saturated carbocycles. The molecule has 1 aliphatic heterocycles. The number of benzene rings is 1. The molecule has 2 N–H and O–H groups in total. The zero-order valence-electron chi connectivity index (χ0n) is 17.6. The molecule has 162 valence electrons. The fourth-order valence-corrected chi connectivity index (χ4v) is 3.78. The highest BCUT2D eigenvalue weighted by atomic mass is 16.5. The van der Waals surface area contributed by atoms with Crippen molar-refractivity contribution in [3.05, 3.63) is 53.0 Å². The van der Waals surface area contributed by atoms with Crippen LogP contribution >= 0.6 is 0 Å². The highest BCUT2D eigenvalue weighted by molar-refractivity contribution is 5.98. The molecule has 3 aromatic rings. The van der Waals surface area contributed by atoms with Crippen molar-refractivity contribution in [3.8, 4) is 0 Å². The summed E-state index contributed by atoms with van der Waals surface area (Å²) in [6, 6.07) is 9.58. The van der Waals surface area contributed by atoms with E-state index < -0.39 is 0 Å². The maximum Gasteiger partial charge on any atom is 0.307 e. The number of hydrogen-bond donors (Lipinski definition) is 2. The van der Waals surface area contributed by atoms with Crippen molar-refractivity contribution >= 4 is 28.7 Å². The lowest BCUT2D eigenvalue weighted by Crippen LogP contribution is -2.37. The molecule has 0 radical (unpaired) electrons. The van der Waals surface area contributed by atoms with Crippen molar-refractivity contribution in [2.45, 2.75) is 26.3 Å². The normalized spacial score (nSPS) is 13.2. The maximum atomic E-state index is 13.1. The Hall–Kier alpha value is -3.62. The van der Waals surface area contributed by atoms with Gasteiger partial charge in [-0.1, -0.05) is 18.2 Å². The van der Waals surface area contributed by atoms with Gasteiger partial charge in [-0.05, 0) is 19.1 Å². The predicted molar refractivity (Wildman–Crippen MR) is 114 cm³/mol. The topological polar surface area (TPSA) is 111 Å². The van der Waals surface area contributed by atoms with E-state index in [9.17, 15) is 14.4 Å². The van der Waals surface area contributed by atoms with E-state index in [0.717, 1.165) is 22.2 Å². The van der Waals surface area contributed by atoms with Crippen LogP contribution in [0.1, 0.15) is 45.6 Å². The minimum atomic E-state index is -0.346. The molecular weight excluding hydrogens is 398 g/mol. The summed E-state index contributed by atoms with van der Waals surface area (Å²) in [4.78, 5) is 43.9. The molecule has 2 aromatic heterocycles. The predicted octanol–water partition coefficient (Wildman–Crippen LogP) is 2.11. The van der Waals surface area contributed by atoms with Gasteiger partial charge >= 0.3 is 5.97 Å². The Morgan fingerprint density at radius 2 is 2.06 bits per heavy atom. The molecule has 31 heavy (non-hydrogen) atoms. The Morgan fingerprint density at radius 1 is 1.26 bits per heavy atom. The second-order valence-electron chi connectivity index (χ2n) is 7.56. The molecule has 4 rings (SSSR count). The summed E-state index contributed by atoms with van der Waals surface area (Å²) in [7, 11) is 1.62. The standard InChI is InChI=1S/C22H25N5O4/c1-3-31-19(28)9-10-26(2)22(30)20-15-13-27(11-8-17(15)24-25-20)21(29)18-12-14-6-4-5-7-16(14)23-18/h4-7,12,23H,3,8-11,13H2,1-2H3,(H,24,25). The van der Waals surface area contributed by atoms with E-state index in [2.05, 4.69) is 15.2 Å². The Bertz CT molecular complexity index is 1100. The third-order valence-electron chi connectivity index (χ3n) is 5.49. The van der Waals surface area contributed by atoms with Crippen LogP contribution in [-0.4, -0.2) is 69.5 Å². The number of ether oxygens (including phenoxy) is 1. The van der Waals surface area contributed by atoms with E-state index in [1.54, 1.807) is 18.9 Å². The molecule has 1 aromatic carbocycles. The van der Waals surface area contributed by atoms with E-state index >= 15 is 0 Å². The van der Waals surface area contributed by atoms with Gasteiger partial charge in [0.25, 0.3) is 11.8 Å². The fourth-order valence-electron chi connectivity index (χ4n) is 3.78. The number of H-pyrrole nitrogens is 2. The quantitative estimate of drug-likeness (QED) is 0.590. The molecule has 0 fully saturated rings. The Balaban J connectivity index is 1.47. The lowest BCUT2D eigenvalue weighted by molar-refractivity contribution is -0.143. The molecule has 0 saturated heterocycles. The number of rotatable bonds is 6. The molecule has 0 atom stereocenters. The number of aromatic amines is 2. The minimum absolute atomic E-state index is 0.114. The highest BCUT2D eigenvalue weighted by Crippen LogP contribution is 2.24. The third-order valence-corrected chi connectivity index (χ3v) is 5.49. The molecule has 1 aliphatic rings. The van der Waals surface area contributed by atoms with Crippen molar-refractivity contribution in [1.29, 1.82) is 0 Å². The van der Waals surface area contributed by atoms with Gasteiger partial charge in [0.05, 0.1) is 19.6 Å². The van der Waals surface area contributed by atoms with Gasteiger partial charge in [0.2, 0.25) is 0 Å². The summed E-state index contributed by atoms with van der Waals surface area (Å²) >= 11 is 0. The fraction of sp³-hybridized carbons (Fsp3) is 0.364. The summed E-state index contributed by atoms with van der Waals surface area (Å²) < 4.78 is 4.91. The van der Waals surface area contributed by atoms with Crippen molar-refractivity contribution in [2.24, 2.45) is 0 Å². The molecule has 9 heteroatoms. The Labute approximate surface area is 179 Å². The average molecular weight is 423 g/mol. The monoisotopic (exact) mass is 423 g/mol. The molecule has 0 unspecified atom stereocenters. The third kappa shape index (κ3) is 4.16. The van der Waals surface area contributed by atoms with Crippen LogP contribution in [0.2, 0.25) is 0 Å². The average Bonchev–Trinajstić information content (AvgIpc) is 3.40. The molecule has 0 spiro atoms. The minimum Gasteiger partial charge on any atom is -0.466 e. The van der Waals surface area contributed by atoms with E-state index in [-0.39, 0.29) is 36.4 Å². The number of amides is 2. The number of esters is 1. The van der Waals surface area contributed by atoms with Gasteiger partial charge in [-0.25, -0.2) is 0 Å². The van der Waals surface area contributed by atoms with Crippen LogP contribution in [0.25, 0.3) is 10.9 Å². The van der Waals surface area contributed by atoms with Crippen molar-refractivity contribution in [3.63, 3.8) is 0 Å². The second kappa shape index (κ2) is 8.63. The van der Waals surface area contributed by atoms with Gasteiger partial charge in [0.1, 0.15) is 5.69 Å². The van der Waals surface area contributed by atoms with Crippen molar-refractivity contribution < 1.29 is 19.1 Å². The number of aromatic nitrogens is 3. The molecule has 0 bridgehead atoms. The second-order valence-corrected chi connectivity index (χ2v) is 7.56. The van der Waals surface area contributed by atoms with Crippen LogP contribution < -0.4 is 0 Å². The number of nitrogens with one attached hydrogen (secondary N) is 2. The molecular formula is C22H25N5O4. The molecule has 0 aliphatic carbocycles. The number of nitrogens with zero attached hydrogens (tertiary/aromatic N) is 3. The number of carbonyl (C=O) groups is 3. The zero-order valence-corrected chi connectivity index (χ0v) is 17.6. The van der Waals surface area contributed by atoms with E-state index in [1.807, 2.05) is 30.3 Å². The first-order valence-electron chi connectivity index (χ1n) is 10.3. The molecule has 9 nitrogen and oxygen atoms in total. The largest absolute Gasteiger partial charge is 0.466 e. The van der Waals surface area contributed by atoms with E-state index in [4.69, 9.17) is 4.74 Å². The first-order valence-corrected chi connectivity index (χ1v) is 10.3. The van der Waals surface area contributed by atoms with Gasteiger partial charge in [-0.2, -0.15) is 5.10 Å². The SMILES string of the molecule is CCOC(=O)CCN(C)C(=O)c1n[nH]c2c1CN(C(=O)c1cc3ccccc3[nH]1)CC2. The Morgan fingerprint density at radius 3 is 2.84 bits per heavy atom. The summed E-state index contributed by atoms with van der Waals surface area (Å²) in [6.07, 6.45) is 0.710. The van der Waals surface area contributed by atoms with Crippen LogP contribution in [0.3, 0.4) is 0 Å². The van der Waals surface area contributed by atoms with E-state index in [0.29, 0.717) is 31.8 Å². The van der Waals surface area contributed by atoms with Gasteiger partial charge < -0.3 is 19.5 Å². The van der Waals surface area contributed by atoms with Gasteiger partial charge in [-0.15, -0.1) is 0 Å². The van der Waals surface area contributed by atoms with Crippen LogP contribution in [0.15, 0.2) is 30.3 Å². The van der Waals surface area contributed by atoms with Gasteiger partial charge in [0.15, 0.2) is 5.69 Å². The lowest BCUT2D eigenvalue weighted by Gasteiger charge is -2.27. The molecule has 2 amide bonds. The summed E-state index contributed by atoms with van der Waals surface area (Å²) in [5.74, 6) is -0.750. The van der Waals surface area contributed by atoms with Gasteiger partial charge in [0, 0.05) is 48.7 Å². The summed E-state index contributed by atoms with van der Waals surface area (Å²) in [6.45, 7) is 3.12. The smallest absolute Gasteiger partial charge is 0.307 e. The lowest BCUT2D eigenvalue weighted by atomic mass is 10.0. The van der Waals surface area contributed by atoms with Crippen molar-refractivity contribution in [2.75, 3.05) is 26.7 Å².